The Morgan fingerprint density at radius 2 is 1.75 bits per heavy atom. The molecule has 1 aliphatic carbocycles. The zero-order chi connectivity index (χ0) is 15.0. The molecule has 0 saturated heterocycles. The van der Waals surface area contributed by atoms with Gasteiger partial charge < -0.3 is 0 Å². The van der Waals surface area contributed by atoms with E-state index < -0.39 is 8.07 Å². The molecule has 1 saturated carbocycles. The van der Waals surface area contributed by atoms with Gasteiger partial charge >= 0.3 is 0 Å². The predicted octanol–water partition coefficient (Wildman–Crippen LogP) is 6.98. The molecule has 20 heavy (non-hydrogen) atoms. The van der Waals surface area contributed by atoms with Crippen LogP contribution in [0.2, 0.25) is 19.6 Å². The van der Waals surface area contributed by atoms with E-state index in [0.29, 0.717) is 0 Å². The van der Waals surface area contributed by atoms with E-state index in [1.165, 1.54) is 64.2 Å². The SMILES string of the molecule is CCCCCC/C=C(/C[C@@H]1CCCC[C@@H]1C)[Si](C)(C)C. The van der Waals surface area contributed by atoms with E-state index in [0.717, 1.165) is 11.8 Å². The Labute approximate surface area is 129 Å². The van der Waals surface area contributed by atoms with Crippen molar-refractivity contribution in [1.29, 1.82) is 0 Å². The lowest BCUT2D eigenvalue weighted by Crippen LogP contribution is -2.28. The van der Waals surface area contributed by atoms with Crippen molar-refractivity contribution in [2.24, 2.45) is 11.8 Å². The summed E-state index contributed by atoms with van der Waals surface area (Å²) in [4.78, 5) is 0. The van der Waals surface area contributed by atoms with Gasteiger partial charge in [0.2, 0.25) is 0 Å². The lowest BCUT2D eigenvalue weighted by Gasteiger charge is -2.33. The molecule has 1 heteroatoms. The highest BCUT2D eigenvalue weighted by molar-refractivity contribution is 6.83. The molecule has 0 N–H and O–H groups in total. The van der Waals surface area contributed by atoms with Crippen molar-refractivity contribution in [3.05, 3.63) is 11.3 Å². The summed E-state index contributed by atoms with van der Waals surface area (Å²) in [6.45, 7) is 12.4. The third-order valence-electron chi connectivity index (χ3n) is 5.18. The van der Waals surface area contributed by atoms with Gasteiger partial charge in [0.05, 0.1) is 8.07 Å². The van der Waals surface area contributed by atoms with Crippen LogP contribution < -0.4 is 0 Å². The topological polar surface area (TPSA) is 0 Å². The fraction of sp³-hybridized carbons (Fsp3) is 0.895. The first-order valence-corrected chi connectivity index (χ1v) is 12.6. The fourth-order valence-electron chi connectivity index (χ4n) is 3.52. The quantitative estimate of drug-likeness (QED) is 0.335. The van der Waals surface area contributed by atoms with Crippen LogP contribution in [0.1, 0.15) is 78.1 Å². The molecule has 0 spiro atoms. The molecule has 0 bridgehead atoms. The van der Waals surface area contributed by atoms with Crippen molar-refractivity contribution in [3.63, 3.8) is 0 Å². The van der Waals surface area contributed by atoms with Gasteiger partial charge in [-0.25, -0.2) is 0 Å². The van der Waals surface area contributed by atoms with E-state index in [9.17, 15) is 0 Å². The summed E-state index contributed by atoms with van der Waals surface area (Å²) in [5, 5.41) is 1.87. The Balaban J connectivity index is 2.53. The van der Waals surface area contributed by atoms with Crippen molar-refractivity contribution in [2.45, 2.75) is 97.7 Å². The molecule has 2 atom stereocenters. The Hall–Kier alpha value is -0.0431. The highest BCUT2D eigenvalue weighted by Gasteiger charge is 2.27. The number of rotatable bonds is 8. The zero-order valence-corrected chi connectivity index (χ0v) is 15.8. The van der Waals surface area contributed by atoms with Gasteiger partial charge in [0.15, 0.2) is 0 Å². The van der Waals surface area contributed by atoms with Crippen LogP contribution >= 0.6 is 0 Å². The first kappa shape index (κ1) is 18.0. The molecule has 0 radical (unpaired) electrons. The summed E-state index contributed by atoms with van der Waals surface area (Å²) in [7, 11) is -1.11. The van der Waals surface area contributed by atoms with E-state index in [-0.39, 0.29) is 0 Å². The van der Waals surface area contributed by atoms with Gasteiger partial charge in [-0.3, -0.25) is 0 Å². The molecule has 0 aromatic carbocycles. The minimum Gasteiger partial charge on any atom is -0.0892 e. The monoisotopic (exact) mass is 294 g/mol. The Morgan fingerprint density at radius 3 is 2.35 bits per heavy atom. The molecule has 118 valence electrons. The van der Waals surface area contributed by atoms with Crippen molar-refractivity contribution in [3.8, 4) is 0 Å². The molecule has 0 aliphatic heterocycles. The van der Waals surface area contributed by atoms with E-state index >= 15 is 0 Å². The highest BCUT2D eigenvalue weighted by Crippen LogP contribution is 2.36. The number of hydrogen-bond acceptors (Lipinski definition) is 0. The Kier molecular flexibility index (Phi) is 8.17. The van der Waals surface area contributed by atoms with Crippen LogP contribution in [0.15, 0.2) is 11.3 Å². The molecule has 0 aromatic heterocycles. The smallest absolute Gasteiger partial charge is 0.0720 e. The summed E-state index contributed by atoms with van der Waals surface area (Å²) in [6.07, 6.45) is 16.9. The van der Waals surface area contributed by atoms with Gasteiger partial charge in [-0.05, 0) is 37.5 Å². The van der Waals surface area contributed by atoms with Gasteiger partial charge in [-0.1, -0.05) is 83.3 Å². The van der Waals surface area contributed by atoms with E-state index in [2.05, 4.69) is 39.6 Å². The Bertz CT molecular complexity index is 285. The van der Waals surface area contributed by atoms with Crippen molar-refractivity contribution in [2.75, 3.05) is 0 Å². The van der Waals surface area contributed by atoms with Crippen LogP contribution in [0.5, 0.6) is 0 Å². The van der Waals surface area contributed by atoms with Gasteiger partial charge in [-0.15, -0.1) is 0 Å². The van der Waals surface area contributed by atoms with Crippen LogP contribution in [0.4, 0.5) is 0 Å². The summed E-state index contributed by atoms with van der Waals surface area (Å²) >= 11 is 0. The number of unbranched alkanes of at least 4 members (excludes halogenated alkanes) is 4. The third kappa shape index (κ3) is 6.61. The lowest BCUT2D eigenvalue weighted by atomic mass is 9.78. The second-order valence-electron chi connectivity index (χ2n) is 8.05. The molecule has 0 unspecified atom stereocenters. The summed E-state index contributed by atoms with van der Waals surface area (Å²) < 4.78 is 0. The van der Waals surface area contributed by atoms with Crippen LogP contribution in [-0.4, -0.2) is 8.07 Å². The van der Waals surface area contributed by atoms with Crippen molar-refractivity contribution in [1.82, 2.24) is 0 Å². The molecule has 1 rings (SSSR count). The van der Waals surface area contributed by atoms with Crippen LogP contribution in [0.25, 0.3) is 0 Å². The number of hydrogen-bond donors (Lipinski definition) is 0. The molecule has 0 nitrogen and oxygen atoms in total. The van der Waals surface area contributed by atoms with Crippen molar-refractivity contribution < 1.29 is 0 Å². The van der Waals surface area contributed by atoms with E-state index in [4.69, 9.17) is 0 Å². The molecule has 0 amide bonds. The van der Waals surface area contributed by atoms with Gasteiger partial charge in [-0.2, -0.15) is 0 Å². The van der Waals surface area contributed by atoms with Crippen molar-refractivity contribution >= 4 is 8.07 Å². The van der Waals surface area contributed by atoms with Crippen LogP contribution in [0.3, 0.4) is 0 Å². The minimum absolute atomic E-state index is 0.962. The van der Waals surface area contributed by atoms with E-state index in [1.54, 1.807) is 0 Å². The second kappa shape index (κ2) is 9.07. The zero-order valence-electron chi connectivity index (χ0n) is 14.8. The molecule has 1 aliphatic rings. The maximum Gasteiger partial charge on any atom is 0.0720 e. The van der Waals surface area contributed by atoms with E-state index in [1.807, 2.05) is 5.20 Å². The molecular formula is C19H38Si. The summed E-state index contributed by atoms with van der Waals surface area (Å²) in [5.41, 5.74) is 0. The second-order valence-corrected chi connectivity index (χ2v) is 13.2. The van der Waals surface area contributed by atoms with Gasteiger partial charge in [0.25, 0.3) is 0 Å². The maximum atomic E-state index is 2.66. The minimum atomic E-state index is -1.11. The third-order valence-corrected chi connectivity index (χ3v) is 7.52. The molecular weight excluding hydrogens is 256 g/mol. The van der Waals surface area contributed by atoms with Gasteiger partial charge in [0, 0.05) is 0 Å². The highest BCUT2D eigenvalue weighted by atomic mass is 28.3. The van der Waals surface area contributed by atoms with Crippen LogP contribution in [0, 0.1) is 11.8 Å². The average molecular weight is 295 g/mol. The lowest BCUT2D eigenvalue weighted by molar-refractivity contribution is 0.256. The predicted molar refractivity (Wildman–Crippen MR) is 95.9 cm³/mol. The summed E-state index contributed by atoms with van der Waals surface area (Å²) in [6, 6.07) is 0. The standard InChI is InChI=1S/C19H38Si/c1-6-7-8-9-10-15-19(20(3,4)5)16-18-14-12-11-13-17(18)2/h15,17-18H,6-14,16H2,1-5H3/b19-15-/t17-,18-/m0/s1. The first-order chi connectivity index (χ1) is 9.45. The normalized spacial score (nSPS) is 24.9. The van der Waals surface area contributed by atoms with Crippen LogP contribution in [-0.2, 0) is 0 Å². The van der Waals surface area contributed by atoms with Gasteiger partial charge in [0.1, 0.15) is 0 Å². The average Bonchev–Trinajstić information content (AvgIpc) is 2.38. The molecule has 0 heterocycles. The molecule has 0 aromatic rings. The summed E-state index contributed by atoms with van der Waals surface area (Å²) in [5.74, 6) is 1.95. The fourth-order valence-corrected chi connectivity index (χ4v) is 5.15. The molecule has 1 fully saturated rings. The number of allylic oxidation sites excluding steroid dienone is 2. The Morgan fingerprint density at radius 1 is 1.05 bits per heavy atom. The first-order valence-electron chi connectivity index (χ1n) is 9.14. The largest absolute Gasteiger partial charge is 0.0892 e. The maximum absolute atomic E-state index is 2.66.